The van der Waals surface area contributed by atoms with E-state index in [-0.39, 0.29) is 0 Å². The van der Waals surface area contributed by atoms with Crippen LogP contribution in [-0.2, 0) is 4.74 Å². The minimum atomic E-state index is 0.582. The first kappa shape index (κ1) is 10.0. The zero-order chi connectivity index (χ0) is 7.66. The topological polar surface area (TPSA) is 9.23 Å². The normalized spacial score (nSPS) is 8.60. The van der Waals surface area contributed by atoms with Crippen molar-refractivity contribution in [3.05, 3.63) is 0 Å². The molecule has 0 N–H and O–H groups in total. The lowest BCUT2D eigenvalue weighted by atomic mass is 10.4. The molecule has 0 rings (SSSR count). The van der Waals surface area contributed by atoms with E-state index in [0.29, 0.717) is 6.61 Å². The second-order valence-electron chi connectivity index (χ2n) is 1.88. The molecular weight excluding hydrogens is 192 g/mol. The lowest BCUT2D eigenvalue weighted by Crippen LogP contribution is -1.94. The monoisotopic (exact) mass is 204 g/mol. The van der Waals surface area contributed by atoms with Gasteiger partial charge in [0.1, 0.15) is 6.61 Å². The number of hydrogen-bond acceptors (Lipinski definition) is 1. The van der Waals surface area contributed by atoms with Gasteiger partial charge in [-0.15, -0.1) is 5.92 Å². The van der Waals surface area contributed by atoms with Crippen LogP contribution in [0.4, 0.5) is 0 Å². The average Bonchev–Trinajstić information content (AvgIpc) is 1.97. The van der Waals surface area contributed by atoms with E-state index in [0.717, 1.165) is 18.4 Å². The van der Waals surface area contributed by atoms with E-state index in [1.807, 2.05) is 6.92 Å². The third-order valence-corrected chi connectivity index (χ3v) is 1.58. The van der Waals surface area contributed by atoms with Gasteiger partial charge in [0.25, 0.3) is 0 Å². The van der Waals surface area contributed by atoms with Gasteiger partial charge in [-0.1, -0.05) is 21.9 Å². The van der Waals surface area contributed by atoms with Crippen LogP contribution in [0.5, 0.6) is 0 Å². The largest absolute Gasteiger partial charge is 0.369 e. The summed E-state index contributed by atoms with van der Waals surface area (Å²) in [5, 5.41) is 1.07. The fraction of sp³-hybridized carbons (Fsp3) is 0.750. The van der Waals surface area contributed by atoms with Crippen molar-refractivity contribution in [3.8, 4) is 11.8 Å². The van der Waals surface area contributed by atoms with E-state index >= 15 is 0 Å². The molecule has 0 radical (unpaired) electrons. The molecule has 0 atom stereocenters. The molecule has 0 aliphatic heterocycles. The van der Waals surface area contributed by atoms with Crippen molar-refractivity contribution < 1.29 is 4.74 Å². The van der Waals surface area contributed by atoms with Gasteiger partial charge in [0, 0.05) is 11.9 Å². The van der Waals surface area contributed by atoms with Crippen molar-refractivity contribution >= 4 is 15.9 Å². The molecule has 0 saturated carbocycles. The summed E-state index contributed by atoms with van der Waals surface area (Å²) >= 11 is 3.35. The van der Waals surface area contributed by atoms with Crippen LogP contribution in [0.25, 0.3) is 0 Å². The second-order valence-corrected chi connectivity index (χ2v) is 2.67. The zero-order valence-electron chi connectivity index (χ0n) is 6.32. The molecule has 58 valence electrons. The van der Waals surface area contributed by atoms with Crippen molar-refractivity contribution in [2.75, 3.05) is 18.5 Å². The second kappa shape index (κ2) is 9.00. The van der Waals surface area contributed by atoms with E-state index in [2.05, 4.69) is 27.8 Å². The number of halogens is 1. The Bertz CT molecular complexity index is 112. The molecule has 0 aromatic carbocycles. The molecule has 0 heterocycles. The summed E-state index contributed by atoms with van der Waals surface area (Å²) < 4.78 is 5.18. The molecule has 0 bridgehead atoms. The number of hydrogen-bond donors (Lipinski definition) is 0. The van der Waals surface area contributed by atoms with E-state index in [9.17, 15) is 0 Å². The van der Waals surface area contributed by atoms with E-state index in [1.54, 1.807) is 0 Å². The highest BCUT2D eigenvalue weighted by Crippen LogP contribution is 1.93. The minimum absolute atomic E-state index is 0.582. The fourth-order valence-corrected chi connectivity index (χ4v) is 0.890. The first-order chi connectivity index (χ1) is 4.91. The van der Waals surface area contributed by atoms with Crippen molar-refractivity contribution in [1.29, 1.82) is 0 Å². The summed E-state index contributed by atoms with van der Waals surface area (Å²) in [5.74, 6) is 5.62. The maximum absolute atomic E-state index is 5.18. The Morgan fingerprint density at radius 3 is 2.80 bits per heavy atom. The first-order valence-electron chi connectivity index (χ1n) is 3.45. The summed E-state index contributed by atoms with van der Waals surface area (Å²) in [6.07, 6.45) is 2.30. The third-order valence-electron chi connectivity index (χ3n) is 1.02. The highest BCUT2D eigenvalue weighted by molar-refractivity contribution is 9.09. The fourth-order valence-electron chi connectivity index (χ4n) is 0.494. The summed E-state index contributed by atoms with van der Waals surface area (Å²) in [5.41, 5.74) is 0. The summed E-state index contributed by atoms with van der Waals surface area (Å²) in [4.78, 5) is 0. The van der Waals surface area contributed by atoms with Crippen LogP contribution in [0.15, 0.2) is 0 Å². The molecule has 0 spiro atoms. The smallest absolute Gasteiger partial charge is 0.107 e. The number of rotatable bonds is 5. The van der Waals surface area contributed by atoms with Gasteiger partial charge in [0.2, 0.25) is 0 Å². The molecular formula is C8H13BrO. The van der Waals surface area contributed by atoms with Gasteiger partial charge >= 0.3 is 0 Å². The molecule has 2 heteroatoms. The Hall–Kier alpha value is 0. The van der Waals surface area contributed by atoms with Crippen LogP contribution in [-0.4, -0.2) is 18.5 Å². The summed E-state index contributed by atoms with van der Waals surface area (Å²) in [6, 6.07) is 0. The lowest BCUT2D eigenvalue weighted by molar-refractivity contribution is 0.164. The third kappa shape index (κ3) is 8.00. The van der Waals surface area contributed by atoms with E-state index in [1.165, 1.54) is 6.42 Å². The van der Waals surface area contributed by atoms with Crippen LogP contribution in [0.1, 0.15) is 19.8 Å². The van der Waals surface area contributed by atoms with Gasteiger partial charge in [-0.05, 0) is 19.8 Å². The Morgan fingerprint density at radius 2 is 2.20 bits per heavy atom. The Balaban J connectivity index is 2.82. The quantitative estimate of drug-likeness (QED) is 0.380. The Labute approximate surface area is 71.3 Å². The average molecular weight is 205 g/mol. The summed E-state index contributed by atoms with van der Waals surface area (Å²) in [6.45, 7) is 3.24. The molecule has 1 nitrogen and oxygen atoms in total. The summed E-state index contributed by atoms with van der Waals surface area (Å²) in [7, 11) is 0. The molecule has 0 aromatic heterocycles. The van der Waals surface area contributed by atoms with Gasteiger partial charge in [0.15, 0.2) is 0 Å². The maximum Gasteiger partial charge on any atom is 0.107 e. The predicted molar refractivity (Wildman–Crippen MR) is 47.3 cm³/mol. The van der Waals surface area contributed by atoms with Crippen molar-refractivity contribution in [2.24, 2.45) is 0 Å². The molecule has 0 fully saturated rings. The van der Waals surface area contributed by atoms with Crippen LogP contribution in [0, 0.1) is 11.8 Å². The standard InChI is InChI=1S/C8H13BrO/c1-2-3-7-10-8-5-4-6-9/h4-8H2,1H3. The zero-order valence-corrected chi connectivity index (χ0v) is 7.91. The van der Waals surface area contributed by atoms with Gasteiger partial charge in [-0.3, -0.25) is 0 Å². The SMILES string of the molecule is CC#CCOCCCCBr. The number of unbranched alkanes of at least 4 members (excludes halogenated alkanes) is 1. The van der Waals surface area contributed by atoms with Crippen LogP contribution < -0.4 is 0 Å². The maximum atomic E-state index is 5.18. The van der Waals surface area contributed by atoms with Gasteiger partial charge < -0.3 is 4.74 Å². The Morgan fingerprint density at radius 1 is 1.40 bits per heavy atom. The highest BCUT2D eigenvalue weighted by Gasteiger charge is 1.84. The van der Waals surface area contributed by atoms with Crippen LogP contribution in [0.2, 0.25) is 0 Å². The highest BCUT2D eigenvalue weighted by atomic mass is 79.9. The van der Waals surface area contributed by atoms with Crippen LogP contribution >= 0.6 is 15.9 Å². The molecule has 0 amide bonds. The molecule has 0 aliphatic rings. The molecule has 0 aromatic rings. The molecule has 0 unspecified atom stereocenters. The van der Waals surface area contributed by atoms with Crippen LogP contribution in [0.3, 0.4) is 0 Å². The first-order valence-corrected chi connectivity index (χ1v) is 4.57. The number of ether oxygens (including phenoxy) is 1. The van der Waals surface area contributed by atoms with Crippen molar-refractivity contribution in [2.45, 2.75) is 19.8 Å². The predicted octanol–water partition coefficient (Wildman–Crippen LogP) is 2.20. The van der Waals surface area contributed by atoms with Crippen molar-refractivity contribution in [1.82, 2.24) is 0 Å². The van der Waals surface area contributed by atoms with Gasteiger partial charge in [-0.25, -0.2) is 0 Å². The van der Waals surface area contributed by atoms with Gasteiger partial charge in [0.05, 0.1) is 0 Å². The van der Waals surface area contributed by atoms with E-state index in [4.69, 9.17) is 4.74 Å². The number of alkyl halides is 1. The molecule has 10 heavy (non-hydrogen) atoms. The Kier molecular flexibility index (Phi) is 9.00. The molecule has 0 saturated heterocycles. The lowest BCUT2D eigenvalue weighted by Gasteiger charge is -1.96. The van der Waals surface area contributed by atoms with E-state index < -0.39 is 0 Å². The van der Waals surface area contributed by atoms with Gasteiger partial charge in [-0.2, -0.15) is 0 Å². The molecule has 0 aliphatic carbocycles. The van der Waals surface area contributed by atoms with Crippen molar-refractivity contribution in [3.63, 3.8) is 0 Å². The minimum Gasteiger partial charge on any atom is -0.369 e.